The highest BCUT2D eigenvalue weighted by molar-refractivity contribution is 6.07. The summed E-state index contributed by atoms with van der Waals surface area (Å²) in [6, 6.07) is 3.34. The van der Waals surface area contributed by atoms with Crippen LogP contribution < -0.4 is 20.7 Å². The van der Waals surface area contributed by atoms with E-state index < -0.39 is 34.6 Å². The molecule has 1 amide bonds. The van der Waals surface area contributed by atoms with Gasteiger partial charge < -0.3 is 25.0 Å². The lowest BCUT2D eigenvalue weighted by Crippen LogP contribution is -2.55. The van der Waals surface area contributed by atoms with Crippen LogP contribution in [0.25, 0.3) is 5.57 Å². The molecule has 0 saturated carbocycles. The fraction of sp³-hybridized carbons (Fsp3) is 0.438. The molecule has 246 valence electrons. The Bertz CT molecular complexity index is 1660. The van der Waals surface area contributed by atoms with E-state index in [0.717, 1.165) is 11.8 Å². The van der Waals surface area contributed by atoms with Crippen molar-refractivity contribution >= 4 is 28.8 Å². The minimum atomic E-state index is -4.94. The van der Waals surface area contributed by atoms with Crippen molar-refractivity contribution in [2.75, 3.05) is 62.4 Å². The molecule has 1 aromatic carbocycles. The predicted octanol–water partition coefficient (Wildman–Crippen LogP) is 4.46. The molecule has 2 unspecified atom stereocenters. The molecule has 2 aliphatic rings. The summed E-state index contributed by atoms with van der Waals surface area (Å²) in [7, 11) is 5.90. The van der Waals surface area contributed by atoms with E-state index in [1.54, 1.807) is 12.4 Å². The highest BCUT2D eigenvalue weighted by atomic mass is 19.4. The van der Waals surface area contributed by atoms with Gasteiger partial charge in [-0.05, 0) is 59.1 Å². The van der Waals surface area contributed by atoms with Gasteiger partial charge in [0.05, 0.1) is 22.5 Å². The number of pyridine rings is 1. The Morgan fingerprint density at radius 3 is 2.39 bits per heavy atom. The van der Waals surface area contributed by atoms with Crippen LogP contribution in [0.3, 0.4) is 0 Å². The van der Waals surface area contributed by atoms with E-state index >= 15 is 4.39 Å². The second-order valence-electron chi connectivity index (χ2n) is 12.3. The summed E-state index contributed by atoms with van der Waals surface area (Å²) in [5, 5.41) is 2.62. The minimum absolute atomic E-state index is 0.0878. The second-order valence-corrected chi connectivity index (χ2v) is 12.3. The predicted molar refractivity (Wildman–Crippen MR) is 170 cm³/mol. The van der Waals surface area contributed by atoms with E-state index in [-0.39, 0.29) is 29.9 Å². The maximum Gasteiger partial charge on any atom is 0.417 e. The largest absolute Gasteiger partial charge is 0.417 e. The quantitative estimate of drug-likeness (QED) is 0.365. The van der Waals surface area contributed by atoms with Crippen molar-refractivity contribution in [2.24, 2.45) is 0 Å². The summed E-state index contributed by atoms with van der Waals surface area (Å²) >= 11 is 0. The lowest BCUT2D eigenvalue weighted by atomic mass is 9.98. The Balaban J connectivity index is 1.51. The summed E-state index contributed by atoms with van der Waals surface area (Å²) in [5.41, 5.74) is -0.790. The van der Waals surface area contributed by atoms with Crippen molar-refractivity contribution in [2.45, 2.75) is 45.1 Å². The van der Waals surface area contributed by atoms with Gasteiger partial charge in [0.1, 0.15) is 5.82 Å². The third-order valence-corrected chi connectivity index (χ3v) is 8.48. The first kappa shape index (κ1) is 33.1. The minimum Gasteiger partial charge on any atom is -0.367 e. The zero-order chi connectivity index (χ0) is 33.3. The topological polar surface area (TPSA) is 101 Å². The summed E-state index contributed by atoms with van der Waals surface area (Å²) in [6.07, 6.45) is 1.81. The van der Waals surface area contributed by atoms with Gasteiger partial charge in [0.15, 0.2) is 0 Å². The molecule has 4 heterocycles. The third-order valence-electron chi connectivity index (χ3n) is 8.48. The number of amides is 1. The summed E-state index contributed by atoms with van der Waals surface area (Å²) in [5.74, 6) is -1.11. The fourth-order valence-electron chi connectivity index (χ4n) is 5.92. The number of hydrogen-bond acceptors (Lipinski definition) is 8. The Labute approximate surface area is 264 Å². The van der Waals surface area contributed by atoms with E-state index in [1.165, 1.54) is 12.1 Å². The monoisotopic (exact) mass is 642 g/mol. The van der Waals surface area contributed by atoms with E-state index in [2.05, 4.69) is 25.2 Å². The van der Waals surface area contributed by atoms with Gasteiger partial charge in [0.25, 0.3) is 5.91 Å². The number of aromatic amines is 1. The number of alkyl halides is 3. The van der Waals surface area contributed by atoms with Gasteiger partial charge in [0.2, 0.25) is 11.5 Å². The van der Waals surface area contributed by atoms with Gasteiger partial charge in [-0.25, -0.2) is 14.4 Å². The number of H-pyrrole nitrogens is 1. The number of hydrogen-bond donors (Lipinski definition) is 2. The molecular weight excluding hydrogens is 604 g/mol. The lowest BCUT2D eigenvalue weighted by molar-refractivity contribution is -0.138. The van der Waals surface area contributed by atoms with Crippen molar-refractivity contribution in [3.63, 3.8) is 0 Å². The highest BCUT2D eigenvalue weighted by Gasteiger charge is 2.36. The lowest BCUT2D eigenvalue weighted by Gasteiger charge is -2.44. The zero-order valence-electron chi connectivity index (χ0n) is 26.5. The number of piperazine rings is 1. The van der Waals surface area contributed by atoms with E-state index in [9.17, 15) is 22.8 Å². The van der Waals surface area contributed by atoms with Gasteiger partial charge in [0, 0.05) is 80.6 Å². The number of nitrogens with one attached hydrogen (secondary N) is 2. The Kier molecular flexibility index (Phi) is 9.49. The van der Waals surface area contributed by atoms with Crippen LogP contribution in [-0.2, 0) is 12.7 Å². The molecule has 10 nitrogen and oxygen atoms in total. The molecule has 0 spiro atoms. The summed E-state index contributed by atoms with van der Waals surface area (Å²) in [4.78, 5) is 44.3. The number of aromatic nitrogens is 3. The van der Waals surface area contributed by atoms with E-state index in [0.29, 0.717) is 55.9 Å². The molecular formula is C32H38F4N8O2. The van der Waals surface area contributed by atoms with Crippen molar-refractivity contribution < 1.29 is 22.4 Å². The number of rotatable bonds is 7. The molecule has 1 fully saturated rings. The standard InChI is InChI=1S/C32H38F4N8O2/c1-19-15-44(16-20(2)42(19)5)28-11-26(33)23(9-27(28)40-30(46)24-14-37-29(45)10-25(24)32(34,35)36)22-7-6-8-43(18-22)31-38-12-21(13-39-31)17-41(3)4/h7,9-14,19-20H,6,8,15-18H2,1-5H3,(H,37,45)(H,40,46). The maximum atomic E-state index is 16.0. The Morgan fingerprint density at radius 1 is 1.09 bits per heavy atom. The van der Waals surface area contributed by atoms with Crippen LogP contribution in [0.2, 0.25) is 0 Å². The Hall–Kier alpha value is -4.30. The van der Waals surface area contributed by atoms with Gasteiger partial charge in [-0.2, -0.15) is 13.2 Å². The first-order valence-corrected chi connectivity index (χ1v) is 15.0. The highest BCUT2D eigenvalue weighted by Crippen LogP contribution is 2.37. The van der Waals surface area contributed by atoms with Crippen LogP contribution >= 0.6 is 0 Å². The number of benzene rings is 1. The van der Waals surface area contributed by atoms with Crippen LogP contribution in [-0.4, -0.2) is 90.1 Å². The SMILES string of the molecule is CC1CN(c2cc(F)c(C3=CCCN(c4ncc(CN(C)C)cn4)C3)cc2NC(=O)c2c[nH]c(=O)cc2C(F)(F)F)CC(C)N1C. The fourth-order valence-corrected chi connectivity index (χ4v) is 5.92. The molecule has 2 aliphatic heterocycles. The van der Waals surface area contributed by atoms with Gasteiger partial charge in [-0.1, -0.05) is 6.08 Å². The molecule has 14 heteroatoms. The number of carbonyl (C=O) groups excluding carboxylic acids is 1. The van der Waals surface area contributed by atoms with E-state index in [1.807, 2.05) is 55.8 Å². The smallest absolute Gasteiger partial charge is 0.367 e. The number of carbonyl (C=O) groups is 1. The molecule has 0 aliphatic carbocycles. The van der Waals surface area contributed by atoms with Gasteiger partial charge in [-0.15, -0.1) is 0 Å². The van der Waals surface area contributed by atoms with Crippen molar-refractivity contribution in [3.05, 3.63) is 81.3 Å². The van der Waals surface area contributed by atoms with Crippen molar-refractivity contribution in [3.8, 4) is 0 Å². The van der Waals surface area contributed by atoms with Crippen LogP contribution in [0.1, 0.15) is 47.3 Å². The molecule has 5 rings (SSSR count). The number of halogens is 4. The van der Waals surface area contributed by atoms with Crippen LogP contribution in [0.15, 0.2) is 47.7 Å². The average molecular weight is 643 g/mol. The summed E-state index contributed by atoms with van der Waals surface area (Å²) < 4.78 is 57.5. The number of nitrogens with zero attached hydrogens (tertiary/aromatic N) is 6. The Morgan fingerprint density at radius 2 is 1.76 bits per heavy atom. The third kappa shape index (κ3) is 7.23. The number of anilines is 3. The van der Waals surface area contributed by atoms with Crippen molar-refractivity contribution in [1.82, 2.24) is 24.8 Å². The summed E-state index contributed by atoms with van der Waals surface area (Å²) in [6.45, 7) is 6.65. The average Bonchev–Trinajstić information content (AvgIpc) is 3.00. The number of likely N-dealkylation sites (N-methyl/N-ethyl adjacent to an activating group) is 1. The molecule has 0 radical (unpaired) electrons. The molecule has 3 aromatic rings. The molecule has 2 atom stereocenters. The van der Waals surface area contributed by atoms with Crippen LogP contribution in [0.4, 0.5) is 34.9 Å². The molecule has 0 bridgehead atoms. The molecule has 1 saturated heterocycles. The normalized spacial score (nSPS) is 19.4. The van der Waals surface area contributed by atoms with Crippen molar-refractivity contribution in [1.29, 1.82) is 0 Å². The van der Waals surface area contributed by atoms with Gasteiger partial charge in [-0.3, -0.25) is 14.5 Å². The molecule has 2 aromatic heterocycles. The van der Waals surface area contributed by atoms with Crippen LogP contribution in [0.5, 0.6) is 0 Å². The maximum absolute atomic E-state index is 16.0. The molecule has 2 N–H and O–H groups in total. The second kappa shape index (κ2) is 13.2. The zero-order valence-corrected chi connectivity index (χ0v) is 26.5. The molecule has 46 heavy (non-hydrogen) atoms. The van der Waals surface area contributed by atoms with Gasteiger partial charge >= 0.3 is 6.18 Å². The first-order chi connectivity index (χ1) is 21.7. The first-order valence-electron chi connectivity index (χ1n) is 15.0. The van der Waals surface area contributed by atoms with E-state index in [4.69, 9.17) is 0 Å². The van der Waals surface area contributed by atoms with Crippen LogP contribution in [0, 0.1) is 5.82 Å².